The van der Waals surface area contributed by atoms with Crippen molar-refractivity contribution in [2.75, 3.05) is 27.4 Å². The Kier molecular flexibility index (Phi) is 11.6. The van der Waals surface area contributed by atoms with Crippen molar-refractivity contribution < 1.29 is 29.3 Å². The van der Waals surface area contributed by atoms with Gasteiger partial charge in [-0.05, 0) is 70.8 Å². The lowest BCUT2D eigenvalue weighted by Crippen LogP contribution is -2.26. The predicted octanol–water partition coefficient (Wildman–Crippen LogP) is 6.73. The number of hydrogen-bond donors (Lipinski definition) is 3. The van der Waals surface area contributed by atoms with Gasteiger partial charge >= 0.3 is 5.97 Å². The van der Waals surface area contributed by atoms with Crippen LogP contribution in [-0.2, 0) is 13.1 Å². The molecule has 8 aromatic rings. The van der Waals surface area contributed by atoms with Crippen LogP contribution in [0.4, 0.5) is 0 Å². The van der Waals surface area contributed by atoms with Gasteiger partial charge in [-0.2, -0.15) is 10.2 Å². The number of fused-ring (bicyclic) bond motifs is 2. The van der Waals surface area contributed by atoms with Crippen LogP contribution in [0.15, 0.2) is 134 Å². The maximum Gasteiger partial charge on any atom is 0.335 e. The van der Waals surface area contributed by atoms with E-state index < -0.39 is 5.97 Å². The molecule has 13 heteroatoms. The smallest absolute Gasteiger partial charge is 0.335 e. The Morgan fingerprint density at radius 2 is 1.11 bits per heavy atom. The molecule has 0 saturated heterocycles. The maximum atomic E-state index is 12.3. The molecule has 0 unspecified atom stereocenters. The molecule has 4 aromatic carbocycles. The van der Waals surface area contributed by atoms with E-state index in [0.717, 1.165) is 55.4 Å². The second-order valence-electron chi connectivity index (χ2n) is 12.9. The summed E-state index contributed by atoms with van der Waals surface area (Å²) >= 11 is 0. The predicted molar refractivity (Wildman–Crippen MR) is 216 cm³/mol. The highest BCUT2D eigenvalue weighted by Crippen LogP contribution is 2.30. The van der Waals surface area contributed by atoms with Crippen molar-refractivity contribution in [2.24, 2.45) is 0 Å². The first-order valence-corrected chi connectivity index (χ1v) is 18.1. The number of aromatic carboxylic acids is 1. The van der Waals surface area contributed by atoms with Crippen LogP contribution in [0.5, 0.6) is 11.8 Å². The van der Waals surface area contributed by atoms with E-state index >= 15 is 0 Å². The lowest BCUT2D eigenvalue weighted by atomic mass is 10.00. The maximum absolute atomic E-state index is 12.3. The van der Waals surface area contributed by atoms with Crippen molar-refractivity contribution in [2.45, 2.75) is 13.1 Å². The third-order valence-electron chi connectivity index (χ3n) is 9.08. The van der Waals surface area contributed by atoms with Crippen molar-refractivity contribution in [1.29, 1.82) is 0 Å². The van der Waals surface area contributed by atoms with E-state index in [1.807, 2.05) is 113 Å². The van der Waals surface area contributed by atoms with Crippen LogP contribution in [0.1, 0.15) is 32.1 Å². The van der Waals surface area contributed by atoms with E-state index in [1.165, 1.54) is 0 Å². The standard InChI is InChI=1S/C23H22N4O3.C21H17N3O3/c1-30-22-10-3-7-18(25-22)14-27-15-20-19(8-4-9-21(20)26-27)16-5-2-6-17(13-16)23(29)24-11-12-28;1-27-20-10-3-7-16(22-20)12-24-13-18-17(8-4-9-19(18)23-24)14-5-2-6-15(11-14)21(25)26/h2-10,13,15,28H,11-12,14H2,1H3,(H,24,29);2-11,13H,12H2,1H3,(H,25,26). The van der Waals surface area contributed by atoms with Gasteiger partial charge in [-0.1, -0.05) is 60.7 Å². The highest BCUT2D eigenvalue weighted by molar-refractivity contribution is 5.99. The quantitative estimate of drug-likeness (QED) is 0.122. The summed E-state index contributed by atoms with van der Waals surface area (Å²) in [7, 11) is 3.19. The zero-order chi connectivity index (χ0) is 39.7. The van der Waals surface area contributed by atoms with E-state index in [0.29, 0.717) is 30.4 Å². The number of ether oxygens (including phenoxy) is 2. The third kappa shape index (κ3) is 8.96. The van der Waals surface area contributed by atoms with Crippen molar-refractivity contribution in [1.82, 2.24) is 34.8 Å². The van der Waals surface area contributed by atoms with Crippen LogP contribution in [0.2, 0.25) is 0 Å². The summed E-state index contributed by atoms with van der Waals surface area (Å²) in [5.74, 6) is -0.0155. The molecule has 3 N–H and O–H groups in total. The molecule has 13 nitrogen and oxygen atoms in total. The highest BCUT2D eigenvalue weighted by atomic mass is 16.5. The Labute approximate surface area is 327 Å². The zero-order valence-corrected chi connectivity index (χ0v) is 31.2. The fourth-order valence-electron chi connectivity index (χ4n) is 6.42. The number of carboxylic acids is 1. The molecular formula is C44H39N7O6. The fraction of sp³-hybridized carbons (Fsp3) is 0.136. The lowest BCUT2D eigenvalue weighted by Gasteiger charge is -2.07. The largest absolute Gasteiger partial charge is 0.481 e. The highest BCUT2D eigenvalue weighted by Gasteiger charge is 2.13. The number of aliphatic hydroxyl groups excluding tert-OH is 1. The number of rotatable bonds is 12. The van der Waals surface area contributed by atoms with Gasteiger partial charge < -0.3 is 25.0 Å². The van der Waals surface area contributed by atoms with Crippen molar-refractivity contribution in [3.63, 3.8) is 0 Å². The van der Waals surface area contributed by atoms with E-state index in [2.05, 4.69) is 25.5 Å². The van der Waals surface area contributed by atoms with Gasteiger partial charge in [0.25, 0.3) is 5.91 Å². The number of aliphatic hydroxyl groups is 1. The number of methoxy groups -OCH3 is 2. The summed E-state index contributed by atoms with van der Waals surface area (Å²) in [5, 5.41) is 32.1. The van der Waals surface area contributed by atoms with E-state index in [9.17, 15) is 14.7 Å². The molecule has 57 heavy (non-hydrogen) atoms. The first kappa shape index (κ1) is 37.9. The number of benzene rings is 4. The van der Waals surface area contributed by atoms with Gasteiger partial charge in [0.2, 0.25) is 11.8 Å². The monoisotopic (exact) mass is 761 g/mol. The average Bonchev–Trinajstić information content (AvgIpc) is 3.86. The molecular weight excluding hydrogens is 723 g/mol. The fourth-order valence-corrected chi connectivity index (χ4v) is 6.42. The van der Waals surface area contributed by atoms with E-state index in [4.69, 9.17) is 14.6 Å². The molecule has 1 amide bonds. The van der Waals surface area contributed by atoms with Crippen LogP contribution in [0.3, 0.4) is 0 Å². The van der Waals surface area contributed by atoms with Crippen LogP contribution >= 0.6 is 0 Å². The van der Waals surface area contributed by atoms with Gasteiger partial charge in [0.1, 0.15) is 0 Å². The Morgan fingerprint density at radius 1 is 0.632 bits per heavy atom. The first-order valence-electron chi connectivity index (χ1n) is 18.1. The van der Waals surface area contributed by atoms with Crippen molar-refractivity contribution >= 4 is 33.7 Å². The molecule has 0 radical (unpaired) electrons. The number of pyridine rings is 2. The topological polar surface area (TPSA) is 167 Å². The molecule has 0 atom stereocenters. The molecule has 0 bridgehead atoms. The summed E-state index contributed by atoms with van der Waals surface area (Å²) in [6.07, 6.45) is 3.95. The number of aromatic nitrogens is 6. The molecule has 0 aliphatic heterocycles. The van der Waals surface area contributed by atoms with Gasteiger partial charge in [-0.25, -0.2) is 14.8 Å². The second kappa shape index (κ2) is 17.4. The number of amides is 1. The molecule has 4 heterocycles. The number of carbonyl (C=O) groups excluding carboxylic acids is 1. The van der Waals surface area contributed by atoms with Gasteiger partial charge in [-0.15, -0.1) is 0 Å². The van der Waals surface area contributed by atoms with Gasteiger partial charge in [-0.3, -0.25) is 14.2 Å². The van der Waals surface area contributed by atoms with E-state index in [1.54, 1.807) is 44.6 Å². The zero-order valence-electron chi connectivity index (χ0n) is 31.2. The van der Waals surface area contributed by atoms with Crippen LogP contribution in [-0.4, -0.2) is 79.0 Å². The first-order chi connectivity index (χ1) is 27.8. The summed E-state index contributed by atoms with van der Waals surface area (Å²) in [5.41, 5.74) is 7.93. The van der Waals surface area contributed by atoms with Crippen molar-refractivity contribution in [3.8, 4) is 34.0 Å². The summed E-state index contributed by atoms with van der Waals surface area (Å²) in [6.45, 7) is 1.17. The van der Waals surface area contributed by atoms with Crippen LogP contribution < -0.4 is 14.8 Å². The Hall–Kier alpha value is -7.38. The minimum absolute atomic E-state index is 0.0912. The Balaban J connectivity index is 0.000000175. The molecule has 0 aliphatic rings. The SMILES string of the molecule is COc1cccc(Cn2cc3c(-c4cccc(C(=O)NCCO)c4)cccc3n2)n1.COc1cccc(Cn2cc3c(-c4cccc(C(=O)O)c4)cccc3n2)n1. The van der Waals surface area contributed by atoms with Crippen LogP contribution in [0.25, 0.3) is 44.1 Å². The van der Waals surface area contributed by atoms with Gasteiger partial charge in [0.15, 0.2) is 0 Å². The number of hydrogen-bond acceptors (Lipinski definition) is 9. The molecule has 4 aromatic heterocycles. The summed E-state index contributed by atoms with van der Waals surface area (Å²) in [6, 6.07) is 37.4. The molecule has 0 spiro atoms. The van der Waals surface area contributed by atoms with E-state index in [-0.39, 0.29) is 24.6 Å². The number of nitrogens with one attached hydrogen (secondary N) is 1. The minimum atomic E-state index is -0.941. The number of carboxylic acid groups (broad SMARTS) is 1. The summed E-state index contributed by atoms with van der Waals surface area (Å²) in [4.78, 5) is 32.4. The summed E-state index contributed by atoms with van der Waals surface area (Å²) < 4.78 is 14.1. The number of nitrogens with zero attached hydrogens (tertiary/aromatic N) is 6. The number of carbonyl (C=O) groups is 2. The molecule has 0 fully saturated rings. The second-order valence-corrected chi connectivity index (χ2v) is 12.9. The van der Waals surface area contributed by atoms with Gasteiger partial charge in [0.05, 0.1) is 61.9 Å². The Bertz CT molecular complexity index is 2690. The van der Waals surface area contributed by atoms with Crippen LogP contribution in [0, 0.1) is 0 Å². The molecule has 8 rings (SSSR count). The average molecular weight is 762 g/mol. The Morgan fingerprint density at radius 3 is 1.60 bits per heavy atom. The lowest BCUT2D eigenvalue weighted by molar-refractivity contribution is 0.0696. The van der Waals surface area contributed by atoms with Gasteiger partial charge in [0, 0.05) is 47.4 Å². The molecule has 286 valence electrons. The molecule has 0 saturated carbocycles. The van der Waals surface area contributed by atoms with Crippen molar-refractivity contribution in [3.05, 3.63) is 156 Å². The minimum Gasteiger partial charge on any atom is -0.481 e. The third-order valence-corrected chi connectivity index (χ3v) is 9.08. The normalized spacial score (nSPS) is 10.9. The molecule has 0 aliphatic carbocycles.